The van der Waals surface area contributed by atoms with Crippen molar-refractivity contribution in [3.05, 3.63) is 76.9 Å². The SMILES string of the molecule is O=c1cc(CCNc2cc(-c3ccc(F)cc3)nc3ccnn23)nc[nH]1. The van der Waals surface area contributed by atoms with Gasteiger partial charge in [0.25, 0.3) is 5.56 Å². The lowest BCUT2D eigenvalue weighted by Gasteiger charge is -2.10. The van der Waals surface area contributed by atoms with Crippen molar-refractivity contribution in [2.45, 2.75) is 6.42 Å². The zero-order valence-electron chi connectivity index (χ0n) is 13.7. The summed E-state index contributed by atoms with van der Waals surface area (Å²) in [5, 5.41) is 7.57. The van der Waals surface area contributed by atoms with Crippen LogP contribution in [-0.2, 0) is 6.42 Å². The quantitative estimate of drug-likeness (QED) is 0.576. The van der Waals surface area contributed by atoms with Crippen LogP contribution in [0.5, 0.6) is 0 Å². The summed E-state index contributed by atoms with van der Waals surface area (Å²) in [7, 11) is 0. The molecule has 0 amide bonds. The standard InChI is InChI=1S/C18H15FN6O/c19-13-3-1-12(2-4-13)15-10-17(25-16(24-15)6-8-23-25)20-7-5-14-9-18(26)22-11-21-14/h1-4,6,8-11,20H,5,7H2,(H,21,22,26). The van der Waals surface area contributed by atoms with E-state index in [0.29, 0.717) is 24.3 Å². The number of H-pyrrole nitrogens is 1. The average molecular weight is 350 g/mol. The molecule has 3 heterocycles. The third kappa shape index (κ3) is 3.30. The first kappa shape index (κ1) is 15.9. The Hall–Kier alpha value is -3.55. The number of hydrogen-bond donors (Lipinski definition) is 2. The van der Waals surface area contributed by atoms with Crippen molar-refractivity contribution in [3.8, 4) is 11.3 Å². The smallest absolute Gasteiger partial charge is 0.250 e. The molecule has 0 aliphatic rings. The normalized spacial score (nSPS) is 11.0. The number of nitrogens with one attached hydrogen (secondary N) is 2. The minimum Gasteiger partial charge on any atom is -0.369 e. The molecule has 7 nitrogen and oxygen atoms in total. The van der Waals surface area contributed by atoms with Gasteiger partial charge in [0.2, 0.25) is 0 Å². The first-order chi connectivity index (χ1) is 12.7. The van der Waals surface area contributed by atoms with E-state index in [1.165, 1.54) is 24.5 Å². The van der Waals surface area contributed by atoms with Crippen molar-refractivity contribution < 1.29 is 4.39 Å². The highest BCUT2D eigenvalue weighted by Crippen LogP contribution is 2.22. The van der Waals surface area contributed by atoms with Crippen molar-refractivity contribution in [2.24, 2.45) is 0 Å². The molecule has 130 valence electrons. The second-order valence-corrected chi connectivity index (χ2v) is 5.71. The molecule has 4 rings (SSSR count). The summed E-state index contributed by atoms with van der Waals surface area (Å²) in [5.41, 5.74) is 2.74. The molecule has 0 aliphatic carbocycles. The molecule has 2 N–H and O–H groups in total. The number of aromatic nitrogens is 5. The molecule has 0 fully saturated rings. The van der Waals surface area contributed by atoms with E-state index < -0.39 is 0 Å². The molecule has 0 spiro atoms. The molecular formula is C18H15FN6O. The second-order valence-electron chi connectivity index (χ2n) is 5.71. The number of halogens is 1. The molecular weight excluding hydrogens is 335 g/mol. The molecule has 0 bridgehead atoms. The number of anilines is 1. The Morgan fingerprint density at radius 1 is 1.15 bits per heavy atom. The van der Waals surface area contributed by atoms with Gasteiger partial charge in [-0.25, -0.2) is 14.4 Å². The zero-order valence-corrected chi connectivity index (χ0v) is 13.7. The van der Waals surface area contributed by atoms with E-state index in [2.05, 4.69) is 25.4 Å². The van der Waals surface area contributed by atoms with Gasteiger partial charge < -0.3 is 10.3 Å². The number of hydrogen-bond acceptors (Lipinski definition) is 5. The Balaban J connectivity index is 1.60. The second kappa shape index (κ2) is 6.75. The Morgan fingerprint density at radius 3 is 2.81 bits per heavy atom. The van der Waals surface area contributed by atoms with Gasteiger partial charge in [-0.15, -0.1) is 0 Å². The van der Waals surface area contributed by atoms with Gasteiger partial charge in [-0.05, 0) is 24.3 Å². The number of fused-ring (bicyclic) bond motifs is 1. The topological polar surface area (TPSA) is 88.0 Å². The van der Waals surface area contributed by atoms with E-state index in [1.807, 2.05) is 6.07 Å². The van der Waals surface area contributed by atoms with Gasteiger partial charge in [0.1, 0.15) is 11.6 Å². The van der Waals surface area contributed by atoms with E-state index in [0.717, 1.165) is 17.1 Å². The van der Waals surface area contributed by atoms with Crippen LogP contribution in [-0.4, -0.2) is 31.1 Å². The summed E-state index contributed by atoms with van der Waals surface area (Å²) in [6, 6.07) is 11.3. The molecule has 0 aliphatic heterocycles. The van der Waals surface area contributed by atoms with Crippen molar-refractivity contribution in [3.63, 3.8) is 0 Å². The lowest BCUT2D eigenvalue weighted by Crippen LogP contribution is -2.13. The van der Waals surface area contributed by atoms with Crippen molar-refractivity contribution >= 4 is 11.5 Å². The van der Waals surface area contributed by atoms with Crippen LogP contribution in [0.15, 0.2) is 59.8 Å². The molecule has 0 saturated carbocycles. The average Bonchev–Trinajstić information content (AvgIpc) is 3.11. The van der Waals surface area contributed by atoms with Crippen molar-refractivity contribution in [1.82, 2.24) is 24.6 Å². The summed E-state index contributed by atoms with van der Waals surface area (Å²) in [6.45, 7) is 0.568. The van der Waals surface area contributed by atoms with Crippen LogP contribution in [0.3, 0.4) is 0 Å². The van der Waals surface area contributed by atoms with E-state index in [1.54, 1.807) is 28.9 Å². The third-order valence-electron chi connectivity index (χ3n) is 3.92. The highest BCUT2D eigenvalue weighted by atomic mass is 19.1. The highest BCUT2D eigenvalue weighted by Gasteiger charge is 2.08. The number of benzene rings is 1. The maximum Gasteiger partial charge on any atom is 0.250 e. The van der Waals surface area contributed by atoms with Gasteiger partial charge in [-0.3, -0.25) is 4.79 Å². The van der Waals surface area contributed by atoms with Crippen molar-refractivity contribution in [1.29, 1.82) is 0 Å². The molecule has 4 aromatic rings. The van der Waals surface area contributed by atoms with Crippen LogP contribution in [0, 0.1) is 5.82 Å². The number of nitrogens with zero attached hydrogens (tertiary/aromatic N) is 4. The Labute approximate surface area is 147 Å². The molecule has 0 radical (unpaired) electrons. The van der Waals surface area contributed by atoms with Gasteiger partial charge in [0.05, 0.1) is 18.2 Å². The maximum atomic E-state index is 13.2. The van der Waals surface area contributed by atoms with Crippen LogP contribution in [0.4, 0.5) is 10.2 Å². The molecule has 26 heavy (non-hydrogen) atoms. The van der Waals surface area contributed by atoms with Crippen LogP contribution >= 0.6 is 0 Å². The molecule has 0 unspecified atom stereocenters. The van der Waals surface area contributed by atoms with E-state index in [4.69, 9.17) is 0 Å². The van der Waals surface area contributed by atoms with Crippen molar-refractivity contribution in [2.75, 3.05) is 11.9 Å². The molecule has 3 aromatic heterocycles. The monoisotopic (exact) mass is 350 g/mol. The maximum absolute atomic E-state index is 13.2. The lowest BCUT2D eigenvalue weighted by atomic mass is 10.1. The Morgan fingerprint density at radius 2 is 2.00 bits per heavy atom. The first-order valence-electron chi connectivity index (χ1n) is 8.07. The zero-order chi connectivity index (χ0) is 17.9. The summed E-state index contributed by atoms with van der Waals surface area (Å²) < 4.78 is 14.9. The predicted octanol–water partition coefficient (Wildman–Crippen LogP) is 2.27. The van der Waals surface area contributed by atoms with E-state index in [-0.39, 0.29) is 11.4 Å². The third-order valence-corrected chi connectivity index (χ3v) is 3.92. The minimum absolute atomic E-state index is 0.174. The van der Waals surface area contributed by atoms with Gasteiger partial charge in [-0.1, -0.05) is 0 Å². The summed E-state index contributed by atoms with van der Waals surface area (Å²) in [6.07, 6.45) is 3.64. The predicted molar refractivity (Wildman–Crippen MR) is 95.4 cm³/mol. The van der Waals surface area contributed by atoms with E-state index >= 15 is 0 Å². The lowest BCUT2D eigenvalue weighted by molar-refractivity contribution is 0.628. The Bertz CT molecular complexity index is 1100. The minimum atomic E-state index is -0.289. The summed E-state index contributed by atoms with van der Waals surface area (Å²) in [4.78, 5) is 22.5. The fourth-order valence-corrected chi connectivity index (χ4v) is 2.67. The summed E-state index contributed by atoms with van der Waals surface area (Å²) in [5.74, 6) is 0.465. The first-order valence-corrected chi connectivity index (χ1v) is 8.07. The van der Waals surface area contributed by atoms with Gasteiger partial charge in [0.15, 0.2) is 5.65 Å². The molecule has 0 atom stereocenters. The van der Waals surface area contributed by atoms with Gasteiger partial charge in [0, 0.05) is 42.4 Å². The van der Waals surface area contributed by atoms with Crippen LogP contribution < -0.4 is 10.9 Å². The Kier molecular flexibility index (Phi) is 4.14. The number of aromatic amines is 1. The van der Waals surface area contributed by atoms with Crippen LogP contribution in [0.1, 0.15) is 5.69 Å². The fraction of sp³-hybridized carbons (Fsp3) is 0.111. The molecule has 0 saturated heterocycles. The largest absolute Gasteiger partial charge is 0.369 e. The molecule has 1 aromatic carbocycles. The van der Waals surface area contributed by atoms with Gasteiger partial charge in [-0.2, -0.15) is 9.61 Å². The van der Waals surface area contributed by atoms with Crippen LogP contribution in [0.25, 0.3) is 16.9 Å². The highest BCUT2D eigenvalue weighted by molar-refractivity contribution is 5.66. The van der Waals surface area contributed by atoms with Gasteiger partial charge >= 0.3 is 0 Å². The van der Waals surface area contributed by atoms with Crippen LogP contribution in [0.2, 0.25) is 0 Å². The number of rotatable bonds is 5. The van der Waals surface area contributed by atoms with E-state index in [9.17, 15) is 9.18 Å². The fourth-order valence-electron chi connectivity index (χ4n) is 2.67. The summed E-state index contributed by atoms with van der Waals surface area (Å²) >= 11 is 0. The molecule has 8 heteroatoms.